The van der Waals surface area contributed by atoms with Gasteiger partial charge in [-0.2, -0.15) is 0 Å². The monoisotopic (exact) mass is 312 g/mol. The van der Waals surface area contributed by atoms with Crippen LogP contribution in [0.15, 0.2) is 48.6 Å². The van der Waals surface area contributed by atoms with E-state index in [0.29, 0.717) is 10.9 Å². The van der Waals surface area contributed by atoms with Crippen LogP contribution in [-0.2, 0) is 16.2 Å². The van der Waals surface area contributed by atoms with Crippen molar-refractivity contribution in [3.63, 3.8) is 0 Å². The van der Waals surface area contributed by atoms with E-state index in [-0.39, 0.29) is 17.9 Å². The molecule has 0 bridgehead atoms. The highest BCUT2D eigenvalue weighted by molar-refractivity contribution is 5.98. The van der Waals surface area contributed by atoms with E-state index in [1.165, 1.54) is 13.0 Å². The summed E-state index contributed by atoms with van der Waals surface area (Å²) in [6.07, 6.45) is 2.36. The predicted molar refractivity (Wildman–Crippen MR) is 87.0 cm³/mol. The van der Waals surface area contributed by atoms with Crippen LogP contribution in [0.5, 0.6) is 5.75 Å². The van der Waals surface area contributed by atoms with Crippen LogP contribution >= 0.6 is 0 Å². The third-order valence-corrected chi connectivity index (χ3v) is 3.21. The lowest BCUT2D eigenvalue weighted by Crippen LogP contribution is -2.09. The van der Waals surface area contributed by atoms with Gasteiger partial charge < -0.3 is 14.9 Å². The van der Waals surface area contributed by atoms with Gasteiger partial charge >= 0.3 is 11.9 Å². The first-order valence-corrected chi connectivity index (χ1v) is 6.87. The minimum Gasteiger partial charge on any atom is -0.478 e. The number of carbonyl (C=O) groups excluding carboxylic acids is 1. The molecule has 0 amide bonds. The molecule has 0 unspecified atom stereocenters. The van der Waals surface area contributed by atoms with E-state index >= 15 is 0 Å². The quantitative estimate of drug-likeness (QED) is 0.504. The number of ether oxygens (including phenoxy) is 1. The smallest absolute Gasteiger partial charge is 0.338 e. The fraction of sp³-hybridized carbons (Fsp3) is 0.111. The number of hydrogen-bond donors (Lipinski definition) is 2. The van der Waals surface area contributed by atoms with E-state index in [4.69, 9.17) is 9.84 Å². The Morgan fingerprint density at radius 1 is 1.26 bits per heavy atom. The first-order chi connectivity index (χ1) is 10.9. The van der Waals surface area contributed by atoms with Crippen LogP contribution in [0.25, 0.3) is 16.8 Å². The minimum absolute atomic E-state index is 0.0946. The molecule has 0 aliphatic rings. The van der Waals surface area contributed by atoms with Gasteiger partial charge in [0, 0.05) is 17.2 Å². The van der Waals surface area contributed by atoms with E-state index < -0.39 is 11.9 Å². The molecule has 0 heterocycles. The van der Waals surface area contributed by atoms with E-state index in [2.05, 4.69) is 6.58 Å². The number of esters is 1. The second-order valence-electron chi connectivity index (χ2n) is 5.03. The molecule has 2 rings (SSSR count). The lowest BCUT2D eigenvalue weighted by atomic mass is 10.0. The van der Waals surface area contributed by atoms with Gasteiger partial charge in [0.1, 0.15) is 5.75 Å². The van der Waals surface area contributed by atoms with Crippen LogP contribution in [0.4, 0.5) is 0 Å². The molecule has 2 N–H and O–H groups in total. The number of carboxylic acids is 1. The average Bonchev–Trinajstić information content (AvgIpc) is 2.52. The zero-order valence-electron chi connectivity index (χ0n) is 12.6. The minimum atomic E-state index is -1.11. The Kier molecular flexibility index (Phi) is 4.93. The summed E-state index contributed by atoms with van der Waals surface area (Å²) in [6, 6.07) is 8.60. The molecule has 0 spiro atoms. The molecule has 0 saturated carbocycles. The Morgan fingerprint density at radius 3 is 2.61 bits per heavy atom. The Balaban J connectivity index is 2.61. The largest absolute Gasteiger partial charge is 0.478 e. The molecule has 0 aliphatic heterocycles. The van der Waals surface area contributed by atoms with Crippen molar-refractivity contribution in [2.45, 2.75) is 13.5 Å². The standard InChI is InChI=1S/C18H16O5/c1-11(2)18(22)23-16-7-4-13-9-12(10-19)3-5-14(13)15(16)6-8-17(20)21/h3-9,19H,1,10H2,2H3,(H,20,21). The van der Waals surface area contributed by atoms with Crippen LogP contribution in [0, 0.1) is 0 Å². The van der Waals surface area contributed by atoms with Crippen molar-refractivity contribution in [1.82, 2.24) is 0 Å². The van der Waals surface area contributed by atoms with Gasteiger partial charge in [0.25, 0.3) is 0 Å². The fourth-order valence-electron chi connectivity index (χ4n) is 2.08. The van der Waals surface area contributed by atoms with Crippen LogP contribution < -0.4 is 4.74 Å². The highest BCUT2D eigenvalue weighted by Gasteiger charge is 2.12. The Morgan fingerprint density at radius 2 is 2.00 bits per heavy atom. The lowest BCUT2D eigenvalue weighted by Gasteiger charge is -2.11. The van der Waals surface area contributed by atoms with E-state index in [1.807, 2.05) is 0 Å². The van der Waals surface area contributed by atoms with Gasteiger partial charge in [0.2, 0.25) is 0 Å². The van der Waals surface area contributed by atoms with Crippen molar-refractivity contribution >= 4 is 28.8 Å². The van der Waals surface area contributed by atoms with Gasteiger partial charge in [0.05, 0.1) is 6.61 Å². The van der Waals surface area contributed by atoms with E-state index in [1.54, 1.807) is 30.3 Å². The van der Waals surface area contributed by atoms with Gasteiger partial charge in [-0.25, -0.2) is 9.59 Å². The van der Waals surface area contributed by atoms with Crippen molar-refractivity contribution in [2.24, 2.45) is 0 Å². The molecular formula is C18H16O5. The first-order valence-electron chi connectivity index (χ1n) is 6.87. The van der Waals surface area contributed by atoms with Crippen LogP contribution in [-0.4, -0.2) is 22.2 Å². The second-order valence-corrected chi connectivity index (χ2v) is 5.03. The summed E-state index contributed by atoms with van der Waals surface area (Å²) in [5, 5.41) is 19.6. The van der Waals surface area contributed by atoms with Crippen molar-refractivity contribution < 1.29 is 24.5 Å². The Bertz CT molecular complexity index is 818. The van der Waals surface area contributed by atoms with Crippen molar-refractivity contribution in [2.75, 3.05) is 0 Å². The highest BCUT2D eigenvalue weighted by atomic mass is 16.5. The average molecular weight is 312 g/mol. The molecule has 5 nitrogen and oxygen atoms in total. The van der Waals surface area contributed by atoms with Gasteiger partial charge in [0.15, 0.2) is 0 Å². The van der Waals surface area contributed by atoms with E-state index in [9.17, 15) is 14.7 Å². The number of aliphatic carboxylic acids is 1. The molecule has 0 aliphatic carbocycles. The zero-order chi connectivity index (χ0) is 17.0. The maximum Gasteiger partial charge on any atom is 0.338 e. The molecule has 2 aromatic carbocycles. The number of carboxylic acid groups (broad SMARTS) is 1. The number of hydrogen-bond acceptors (Lipinski definition) is 4. The molecule has 5 heteroatoms. The summed E-state index contributed by atoms with van der Waals surface area (Å²) in [5.74, 6) is -1.44. The van der Waals surface area contributed by atoms with Crippen LogP contribution in [0.2, 0.25) is 0 Å². The molecule has 2 aromatic rings. The first kappa shape index (κ1) is 16.5. The molecular weight excluding hydrogens is 296 g/mol. The summed E-state index contributed by atoms with van der Waals surface area (Å²) in [6.45, 7) is 4.96. The summed E-state index contributed by atoms with van der Waals surface area (Å²) >= 11 is 0. The fourth-order valence-corrected chi connectivity index (χ4v) is 2.08. The number of carbonyl (C=O) groups is 2. The van der Waals surface area contributed by atoms with Gasteiger partial charge in [-0.05, 0) is 41.5 Å². The molecule has 0 atom stereocenters. The SMILES string of the molecule is C=C(C)C(=O)Oc1ccc2cc(CO)ccc2c1C=CC(=O)O. The van der Waals surface area contributed by atoms with Gasteiger partial charge in [-0.3, -0.25) is 0 Å². The molecule has 0 radical (unpaired) electrons. The number of aliphatic hydroxyl groups is 1. The number of aliphatic hydroxyl groups excluding tert-OH is 1. The van der Waals surface area contributed by atoms with E-state index in [0.717, 1.165) is 17.0 Å². The molecule has 0 saturated heterocycles. The molecule has 0 aromatic heterocycles. The predicted octanol–water partition coefficient (Wildman–Crippen LogP) is 2.91. The Hall–Kier alpha value is -2.92. The van der Waals surface area contributed by atoms with Gasteiger partial charge in [-0.15, -0.1) is 0 Å². The second kappa shape index (κ2) is 6.89. The normalized spacial score (nSPS) is 10.9. The topological polar surface area (TPSA) is 83.8 Å². The molecule has 23 heavy (non-hydrogen) atoms. The van der Waals surface area contributed by atoms with Crippen molar-refractivity contribution in [3.8, 4) is 5.75 Å². The maximum atomic E-state index is 11.7. The summed E-state index contributed by atoms with van der Waals surface area (Å²) in [7, 11) is 0. The van der Waals surface area contributed by atoms with Crippen molar-refractivity contribution in [3.05, 3.63) is 59.7 Å². The van der Waals surface area contributed by atoms with Crippen LogP contribution in [0.1, 0.15) is 18.1 Å². The maximum absolute atomic E-state index is 11.7. The van der Waals surface area contributed by atoms with Gasteiger partial charge in [-0.1, -0.05) is 24.8 Å². The third kappa shape index (κ3) is 3.84. The molecule has 118 valence electrons. The van der Waals surface area contributed by atoms with Crippen LogP contribution in [0.3, 0.4) is 0 Å². The zero-order valence-corrected chi connectivity index (χ0v) is 12.6. The summed E-state index contributed by atoms with van der Waals surface area (Å²) in [5.41, 5.74) is 1.45. The highest BCUT2D eigenvalue weighted by Crippen LogP contribution is 2.30. The summed E-state index contributed by atoms with van der Waals surface area (Å²) < 4.78 is 5.27. The number of fused-ring (bicyclic) bond motifs is 1. The number of rotatable bonds is 5. The lowest BCUT2D eigenvalue weighted by molar-refractivity contribution is -0.131. The Labute approximate surface area is 133 Å². The molecule has 0 fully saturated rings. The summed E-state index contributed by atoms with van der Waals surface area (Å²) in [4.78, 5) is 22.6. The number of benzene rings is 2. The van der Waals surface area contributed by atoms with Crippen molar-refractivity contribution in [1.29, 1.82) is 0 Å². The third-order valence-electron chi connectivity index (χ3n) is 3.21.